The van der Waals surface area contributed by atoms with Crippen LogP contribution in [0.1, 0.15) is 44.2 Å². The number of hydrogen-bond acceptors (Lipinski definition) is 3. The smallest absolute Gasteiger partial charge is 0.220 e. The van der Waals surface area contributed by atoms with Crippen LogP contribution in [0, 0.1) is 0 Å². The van der Waals surface area contributed by atoms with E-state index in [1.807, 2.05) is 12.1 Å². The van der Waals surface area contributed by atoms with Crippen LogP contribution in [-0.2, 0) is 4.79 Å². The third-order valence-corrected chi connectivity index (χ3v) is 4.64. The molecular formula is C16H22N2O2. The number of methoxy groups -OCH3 is 1. The molecule has 3 atom stereocenters. The maximum absolute atomic E-state index is 11.8. The van der Waals surface area contributed by atoms with E-state index in [0.717, 1.165) is 25.0 Å². The van der Waals surface area contributed by atoms with Gasteiger partial charge in [0.25, 0.3) is 0 Å². The minimum atomic E-state index is -0.127. The summed E-state index contributed by atoms with van der Waals surface area (Å²) in [5, 5.41) is 6.91. The van der Waals surface area contributed by atoms with E-state index in [9.17, 15) is 4.79 Å². The van der Waals surface area contributed by atoms with Crippen molar-refractivity contribution in [3.05, 3.63) is 29.8 Å². The van der Waals surface area contributed by atoms with Gasteiger partial charge >= 0.3 is 0 Å². The zero-order chi connectivity index (χ0) is 14.2. The summed E-state index contributed by atoms with van der Waals surface area (Å²) in [4.78, 5) is 11.8. The summed E-state index contributed by atoms with van der Waals surface area (Å²) in [7, 11) is 1.68. The van der Waals surface area contributed by atoms with E-state index in [1.165, 1.54) is 5.56 Å². The highest BCUT2D eigenvalue weighted by atomic mass is 16.5. The Bertz CT molecular complexity index is 500. The fraction of sp³-hybridized carbons (Fsp3) is 0.562. The maximum Gasteiger partial charge on any atom is 0.220 e. The molecule has 20 heavy (non-hydrogen) atoms. The molecule has 2 aliphatic rings. The number of rotatable bonds is 2. The largest absolute Gasteiger partial charge is 0.497 e. The Kier molecular flexibility index (Phi) is 3.42. The molecule has 1 aromatic carbocycles. The van der Waals surface area contributed by atoms with Crippen molar-refractivity contribution < 1.29 is 9.53 Å². The van der Waals surface area contributed by atoms with Crippen molar-refractivity contribution >= 4 is 5.91 Å². The van der Waals surface area contributed by atoms with Crippen LogP contribution < -0.4 is 15.4 Å². The van der Waals surface area contributed by atoms with Crippen LogP contribution in [0.2, 0.25) is 0 Å². The van der Waals surface area contributed by atoms with Gasteiger partial charge in [-0.1, -0.05) is 12.1 Å². The van der Waals surface area contributed by atoms with Gasteiger partial charge in [-0.25, -0.2) is 0 Å². The van der Waals surface area contributed by atoms with Gasteiger partial charge in [0.2, 0.25) is 5.91 Å². The highest BCUT2D eigenvalue weighted by Gasteiger charge is 2.45. The summed E-state index contributed by atoms with van der Waals surface area (Å²) < 4.78 is 5.20. The van der Waals surface area contributed by atoms with Gasteiger partial charge in [0.1, 0.15) is 5.75 Å². The predicted octanol–water partition coefficient (Wildman–Crippen LogP) is 2.16. The van der Waals surface area contributed by atoms with E-state index in [4.69, 9.17) is 4.74 Å². The number of nitrogens with one attached hydrogen (secondary N) is 2. The van der Waals surface area contributed by atoms with E-state index in [-0.39, 0.29) is 11.4 Å². The van der Waals surface area contributed by atoms with Crippen LogP contribution in [0.5, 0.6) is 5.75 Å². The van der Waals surface area contributed by atoms with Crippen LogP contribution in [0.15, 0.2) is 24.3 Å². The Morgan fingerprint density at radius 3 is 2.75 bits per heavy atom. The van der Waals surface area contributed by atoms with E-state index >= 15 is 0 Å². The van der Waals surface area contributed by atoms with Gasteiger partial charge in [0.15, 0.2) is 0 Å². The highest BCUT2D eigenvalue weighted by Crippen LogP contribution is 2.37. The summed E-state index contributed by atoms with van der Waals surface area (Å²) in [6, 6.07) is 8.85. The van der Waals surface area contributed by atoms with E-state index < -0.39 is 0 Å². The Morgan fingerprint density at radius 2 is 2.05 bits per heavy atom. The molecule has 1 amide bonds. The standard InChI is InChI=1S/C16H22N2O2/c1-16-10-13(11-6-8-12(20-2)9-7-11)17-14(16)4-3-5-15(19)18-16/h6-9,13-14,17H,3-5,10H2,1-2H3,(H,18,19)/t13-,14?,16-/m0/s1. The Morgan fingerprint density at radius 1 is 1.30 bits per heavy atom. The van der Waals surface area contributed by atoms with Crippen molar-refractivity contribution in [2.24, 2.45) is 0 Å². The minimum absolute atomic E-state index is 0.127. The zero-order valence-electron chi connectivity index (χ0n) is 12.1. The third-order valence-electron chi connectivity index (χ3n) is 4.64. The molecule has 0 aromatic heterocycles. The number of benzene rings is 1. The highest BCUT2D eigenvalue weighted by molar-refractivity contribution is 5.77. The van der Waals surface area contributed by atoms with Crippen LogP contribution >= 0.6 is 0 Å². The van der Waals surface area contributed by atoms with Crippen molar-refractivity contribution in [1.82, 2.24) is 10.6 Å². The number of fused-ring (bicyclic) bond motifs is 1. The third kappa shape index (κ3) is 2.40. The second-order valence-corrected chi connectivity index (χ2v) is 6.11. The monoisotopic (exact) mass is 274 g/mol. The fourth-order valence-electron chi connectivity index (χ4n) is 3.49. The molecule has 3 rings (SSSR count). The van der Waals surface area contributed by atoms with Crippen LogP contribution in [0.25, 0.3) is 0 Å². The van der Waals surface area contributed by atoms with Gasteiger partial charge in [-0.05, 0) is 43.9 Å². The first-order chi connectivity index (χ1) is 9.60. The molecule has 108 valence electrons. The Labute approximate surface area is 119 Å². The van der Waals surface area contributed by atoms with Crippen LogP contribution in [0.4, 0.5) is 0 Å². The van der Waals surface area contributed by atoms with E-state index in [2.05, 4.69) is 29.7 Å². The Hall–Kier alpha value is -1.55. The molecule has 4 heteroatoms. The van der Waals surface area contributed by atoms with Gasteiger partial charge in [-0.2, -0.15) is 0 Å². The van der Waals surface area contributed by atoms with Crippen molar-refractivity contribution in [3.8, 4) is 5.75 Å². The average Bonchev–Trinajstić information content (AvgIpc) is 2.68. The summed E-state index contributed by atoms with van der Waals surface area (Å²) in [6.45, 7) is 2.16. The van der Waals surface area contributed by atoms with Gasteiger partial charge < -0.3 is 15.4 Å². The second-order valence-electron chi connectivity index (χ2n) is 6.11. The molecule has 4 nitrogen and oxygen atoms in total. The van der Waals surface area contributed by atoms with E-state index in [0.29, 0.717) is 18.5 Å². The summed E-state index contributed by atoms with van der Waals surface area (Å²) in [5.41, 5.74) is 1.13. The lowest BCUT2D eigenvalue weighted by atomic mass is 9.88. The molecular weight excluding hydrogens is 252 g/mol. The molecule has 0 spiro atoms. The summed E-state index contributed by atoms with van der Waals surface area (Å²) in [5.74, 6) is 1.06. The summed E-state index contributed by atoms with van der Waals surface area (Å²) >= 11 is 0. The van der Waals surface area contributed by atoms with Crippen LogP contribution in [0.3, 0.4) is 0 Å². The Balaban J connectivity index is 1.79. The minimum Gasteiger partial charge on any atom is -0.497 e. The molecule has 2 fully saturated rings. The van der Waals surface area contributed by atoms with E-state index in [1.54, 1.807) is 7.11 Å². The van der Waals surface area contributed by atoms with Gasteiger partial charge in [0.05, 0.1) is 12.6 Å². The number of amides is 1. The first-order valence-corrected chi connectivity index (χ1v) is 7.32. The normalized spacial score (nSPS) is 33.2. The first kappa shape index (κ1) is 13.4. The van der Waals surface area contributed by atoms with Crippen molar-refractivity contribution in [2.75, 3.05) is 7.11 Å². The topological polar surface area (TPSA) is 50.4 Å². The zero-order valence-corrected chi connectivity index (χ0v) is 12.1. The van der Waals surface area contributed by atoms with Crippen LogP contribution in [-0.4, -0.2) is 24.6 Å². The molecule has 2 N–H and O–H groups in total. The maximum atomic E-state index is 11.8. The number of carbonyl (C=O) groups excluding carboxylic acids is 1. The fourth-order valence-corrected chi connectivity index (χ4v) is 3.49. The SMILES string of the molecule is COc1ccc([C@@H]2C[C@]3(C)NC(=O)CCCC3N2)cc1. The van der Waals surface area contributed by atoms with Gasteiger partial charge in [-0.3, -0.25) is 4.79 Å². The molecule has 2 saturated heterocycles. The quantitative estimate of drug-likeness (QED) is 0.869. The summed E-state index contributed by atoms with van der Waals surface area (Å²) in [6.07, 6.45) is 3.62. The average molecular weight is 274 g/mol. The lowest BCUT2D eigenvalue weighted by Gasteiger charge is -2.29. The molecule has 0 aliphatic carbocycles. The molecule has 1 aromatic rings. The molecule has 0 radical (unpaired) electrons. The first-order valence-electron chi connectivity index (χ1n) is 7.32. The number of ether oxygens (including phenoxy) is 1. The molecule has 0 bridgehead atoms. The van der Waals surface area contributed by atoms with Crippen molar-refractivity contribution in [1.29, 1.82) is 0 Å². The molecule has 2 aliphatic heterocycles. The lowest BCUT2D eigenvalue weighted by Crippen LogP contribution is -2.52. The molecule has 2 heterocycles. The van der Waals surface area contributed by atoms with Gasteiger partial charge in [0, 0.05) is 18.5 Å². The number of hydrogen-bond donors (Lipinski definition) is 2. The van der Waals surface area contributed by atoms with Gasteiger partial charge in [-0.15, -0.1) is 0 Å². The number of carbonyl (C=O) groups is 1. The lowest BCUT2D eigenvalue weighted by molar-refractivity contribution is -0.122. The van der Waals surface area contributed by atoms with Crippen molar-refractivity contribution in [3.63, 3.8) is 0 Å². The predicted molar refractivity (Wildman–Crippen MR) is 77.7 cm³/mol. The molecule has 1 unspecified atom stereocenters. The van der Waals surface area contributed by atoms with Crippen molar-refractivity contribution in [2.45, 2.75) is 50.2 Å². The second kappa shape index (κ2) is 5.09. The molecule has 0 saturated carbocycles.